The van der Waals surface area contributed by atoms with Crippen molar-refractivity contribution in [1.82, 2.24) is 10.2 Å². The summed E-state index contributed by atoms with van der Waals surface area (Å²) in [5.41, 5.74) is 1.07. The number of hydrogen-bond donors (Lipinski definition) is 1. The smallest absolute Gasteiger partial charge is 0.241 e. The van der Waals surface area contributed by atoms with Gasteiger partial charge in [0, 0.05) is 16.8 Å². The van der Waals surface area contributed by atoms with Crippen LogP contribution in [-0.4, -0.2) is 34.4 Å². The highest BCUT2D eigenvalue weighted by molar-refractivity contribution is 8.00. The van der Waals surface area contributed by atoms with Crippen molar-refractivity contribution in [2.75, 3.05) is 12.3 Å². The van der Waals surface area contributed by atoms with E-state index >= 15 is 0 Å². The molecular weight excluding hydrogens is 292 g/mol. The van der Waals surface area contributed by atoms with Crippen LogP contribution in [0.3, 0.4) is 0 Å². The van der Waals surface area contributed by atoms with Gasteiger partial charge in [0.25, 0.3) is 0 Å². The van der Waals surface area contributed by atoms with E-state index in [2.05, 4.69) is 5.32 Å². The molecule has 3 nitrogen and oxygen atoms in total. The predicted octanol–water partition coefficient (Wildman–Crippen LogP) is 3.05. The van der Waals surface area contributed by atoms with E-state index in [9.17, 15) is 4.79 Å². The van der Waals surface area contributed by atoms with Crippen LogP contribution in [0, 0.1) is 0 Å². The lowest BCUT2D eigenvalue weighted by Crippen LogP contribution is -2.35. The number of benzene rings is 1. The Kier molecular flexibility index (Phi) is 4.24. The summed E-state index contributed by atoms with van der Waals surface area (Å²) in [6.45, 7) is 2.76. The van der Waals surface area contributed by atoms with E-state index in [1.807, 2.05) is 47.9 Å². The third kappa shape index (κ3) is 2.83. The average molecular weight is 311 g/mol. The second-order valence-corrected chi connectivity index (χ2v) is 7.32. The van der Waals surface area contributed by atoms with Crippen LogP contribution in [0.1, 0.15) is 31.5 Å². The molecule has 5 heteroatoms. The molecule has 2 saturated heterocycles. The molecule has 0 aromatic heterocycles. The summed E-state index contributed by atoms with van der Waals surface area (Å²) in [6.07, 6.45) is 2.44. The third-order valence-electron chi connectivity index (χ3n) is 3.96. The molecule has 3 rings (SSSR count). The lowest BCUT2D eigenvalue weighted by molar-refractivity contribution is -0.129. The van der Waals surface area contributed by atoms with E-state index in [0.29, 0.717) is 10.3 Å². The minimum Gasteiger partial charge on any atom is -0.320 e. The standard InChI is InChI=1S/C15H19ClN2OS/c1-10-15(19)18(9-13-6-3-7-20-13)14(17-10)11-4-2-5-12(16)8-11/h2,4-5,8,10,13-14,17H,3,6-7,9H2,1H3. The summed E-state index contributed by atoms with van der Waals surface area (Å²) in [5, 5.41) is 4.67. The molecular formula is C15H19ClN2OS. The zero-order valence-corrected chi connectivity index (χ0v) is 13.1. The molecule has 0 radical (unpaired) electrons. The van der Waals surface area contributed by atoms with Gasteiger partial charge in [-0.25, -0.2) is 0 Å². The summed E-state index contributed by atoms with van der Waals surface area (Å²) in [7, 11) is 0. The SMILES string of the molecule is CC1NC(c2cccc(Cl)c2)N(CC2CCCS2)C1=O. The molecule has 2 fully saturated rings. The van der Waals surface area contributed by atoms with Gasteiger partial charge < -0.3 is 4.90 Å². The van der Waals surface area contributed by atoms with Gasteiger partial charge in [-0.3, -0.25) is 10.1 Å². The minimum atomic E-state index is -0.120. The molecule has 20 heavy (non-hydrogen) atoms. The average Bonchev–Trinajstić information content (AvgIpc) is 3.03. The van der Waals surface area contributed by atoms with Gasteiger partial charge in [-0.05, 0) is 43.2 Å². The molecule has 3 unspecified atom stereocenters. The van der Waals surface area contributed by atoms with Crippen LogP contribution in [0.4, 0.5) is 0 Å². The van der Waals surface area contributed by atoms with Crippen molar-refractivity contribution in [2.24, 2.45) is 0 Å². The van der Waals surface area contributed by atoms with E-state index in [4.69, 9.17) is 11.6 Å². The Bertz CT molecular complexity index is 504. The normalized spacial score (nSPS) is 30.2. The van der Waals surface area contributed by atoms with Crippen LogP contribution in [0.2, 0.25) is 5.02 Å². The summed E-state index contributed by atoms with van der Waals surface area (Å²) >= 11 is 8.06. The highest BCUT2D eigenvalue weighted by Crippen LogP contribution is 2.32. The lowest BCUT2D eigenvalue weighted by atomic mass is 10.1. The van der Waals surface area contributed by atoms with Gasteiger partial charge in [-0.15, -0.1) is 0 Å². The van der Waals surface area contributed by atoms with Crippen LogP contribution in [0.25, 0.3) is 0 Å². The van der Waals surface area contributed by atoms with Crippen LogP contribution < -0.4 is 5.32 Å². The molecule has 1 N–H and O–H groups in total. The second-order valence-electron chi connectivity index (χ2n) is 5.47. The fourth-order valence-electron chi connectivity index (χ4n) is 2.93. The highest BCUT2D eigenvalue weighted by atomic mass is 35.5. The Hall–Kier alpha value is -0.710. The molecule has 2 heterocycles. The maximum Gasteiger partial charge on any atom is 0.241 e. The topological polar surface area (TPSA) is 32.3 Å². The fourth-order valence-corrected chi connectivity index (χ4v) is 4.39. The maximum absolute atomic E-state index is 12.4. The predicted molar refractivity (Wildman–Crippen MR) is 84.0 cm³/mol. The zero-order valence-electron chi connectivity index (χ0n) is 11.5. The molecule has 2 aliphatic heterocycles. The zero-order chi connectivity index (χ0) is 14.1. The van der Waals surface area contributed by atoms with Crippen molar-refractivity contribution < 1.29 is 4.79 Å². The number of halogens is 1. The van der Waals surface area contributed by atoms with Gasteiger partial charge in [-0.1, -0.05) is 23.7 Å². The van der Waals surface area contributed by atoms with Crippen molar-refractivity contribution in [3.8, 4) is 0 Å². The Morgan fingerprint density at radius 1 is 1.50 bits per heavy atom. The first kappa shape index (κ1) is 14.2. The van der Waals surface area contributed by atoms with Crippen LogP contribution in [0.15, 0.2) is 24.3 Å². The molecule has 3 atom stereocenters. The van der Waals surface area contributed by atoms with E-state index in [1.165, 1.54) is 18.6 Å². The Morgan fingerprint density at radius 3 is 3.05 bits per heavy atom. The molecule has 0 saturated carbocycles. The third-order valence-corrected chi connectivity index (χ3v) is 5.58. The summed E-state index contributed by atoms with van der Waals surface area (Å²) in [6, 6.07) is 7.66. The summed E-state index contributed by atoms with van der Waals surface area (Å²) in [4.78, 5) is 14.4. The first-order valence-electron chi connectivity index (χ1n) is 7.09. The summed E-state index contributed by atoms with van der Waals surface area (Å²) < 4.78 is 0. The molecule has 0 spiro atoms. The van der Waals surface area contributed by atoms with Gasteiger partial charge in [0.15, 0.2) is 0 Å². The van der Waals surface area contributed by atoms with Gasteiger partial charge in [-0.2, -0.15) is 11.8 Å². The number of carbonyl (C=O) groups is 1. The van der Waals surface area contributed by atoms with E-state index in [0.717, 1.165) is 12.1 Å². The highest BCUT2D eigenvalue weighted by Gasteiger charge is 2.38. The molecule has 0 bridgehead atoms. The number of amides is 1. The Labute approximate surface area is 129 Å². The van der Waals surface area contributed by atoms with Crippen molar-refractivity contribution >= 4 is 29.3 Å². The Balaban J connectivity index is 1.81. The van der Waals surface area contributed by atoms with Crippen molar-refractivity contribution in [3.05, 3.63) is 34.9 Å². The fraction of sp³-hybridized carbons (Fsp3) is 0.533. The van der Waals surface area contributed by atoms with Crippen LogP contribution >= 0.6 is 23.4 Å². The largest absolute Gasteiger partial charge is 0.320 e. The maximum atomic E-state index is 12.4. The molecule has 0 aliphatic carbocycles. The van der Waals surface area contributed by atoms with Gasteiger partial charge >= 0.3 is 0 Å². The number of carbonyl (C=O) groups excluding carboxylic acids is 1. The molecule has 1 aromatic carbocycles. The van der Waals surface area contributed by atoms with Gasteiger partial charge in [0.05, 0.1) is 6.04 Å². The van der Waals surface area contributed by atoms with Crippen molar-refractivity contribution in [2.45, 2.75) is 37.2 Å². The monoisotopic (exact) mass is 310 g/mol. The first-order valence-corrected chi connectivity index (χ1v) is 8.51. The van der Waals surface area contributed by atoms with Crippen LogP contribution in [-0.2, 0) is 4.79 Å². The molecule has 1 aromatic rings. The molecule has 1 amide bonds. The second kappa shape index (κ2) is 5.96. The molecule has 108 valence electrons. The van der Waals surface area contributed by atoms with Gasteiger partial charge in [0.2, 0.25) is 5.91 Å². The number of rotatable bonds is 3. The quantitative estimate of drug-likeness (QED) is 0.931. The Morgan fingerprint density at radius 2 is 2.35 bits per heavy atom. The first-order chi connectivity index (χ1) is 9.65. The number of hydrogen-bond acceptors (Lipinski definition) is 3. The van der Waals surface area contributed by atoms with Crippen molar-refractivity contribution in [1.29, 1.82) is 0 Å². The number of thioether (sulfide) groups is 1. The van der Waals surface area contributed by atoms with E-state index in [-0.39, 0.29) is 18.1 Å². The van der Waals surface area contributed by atoms with Crippen molar-refractivity contribution in [3.63, 3.8) is 0 Å². The van der Waals surface area contributed by atoms with Gasteiger partial charge in [0.1, 0.15) is 6.17 Å². The lowest BCUT2D eigenvalue weighted by Gasteiger charge is -2.27. The molecule has 2 aliphatic rings. The number of nitrogens with one attached hydrogen (secondary N) is 1. The summed E-state index contributed by atoms with van der Waals surface area (Å²) in [5.74, 6) is 1.42. The number of nitrogens with zero attached hydrogens (tertiary/aromatic N) is 1. The van der Waals surface area contributed by atoms with E-state index < -0.39 is 0 Å². The van der Waals surface area contributed by atoms with E-state index in [1.54, 1.807) is 0 Å². The van der Waals surface area contributed by atoms with Crippen LogP contribution in [0.5, 0.6) is 0 Å². The minimum absolute atomic E-state index is 0.0441.